The van der Waals surface area contributed by atoms with Gasteiger partial charge in [-0.05, 0) is 41.0 Å². The first-order chi connectivity index (χ1) is 10.7. The fraction of sp³-hybridized carbons (Fsp3) is 0.870. The Balaban J connectivity index is -0.0000000163. The summed E-state index contributed by atoms with van der Waals surface area (Å²) in [6.45, 7) is 10.3. The molecule has 204 valence electrons. The van der Waals surface area contributed by atoms with Crippen LogP contribution >= 0.6 is 0 Å². The van der Waals surface area contributed by atoms with Crippen LogP contribution in [-0.2, 0) is 14.4 Å². The fourth-order valence-corrected chi connectivity index (χ4v) is 0.797. The maximum atomic E-state index is 11.1. The molecule has 0 aromatic rings. The van der Waals surface area contributed by atoms with Gasteiger partial charge < -0.3 is 26.6 Å². The third-order valence-electron chi connectivity index (χ3n) is 2.73. The monoisotopic (exact) mass is 465 g/mol. The molecular weight excluding hydrogens is 396 g/mol. The molecule has 0 bridgehead atoms. The second-order valence-corrected chi connectivity index (χ2v) is 5.30. The average molecular weight is 465 g/mol. The van der Waals surface area contributed by atoms with E-state index in [1.807, 2.05) is 67.6 Å². The molecule has 2 atom stereocenters. The fourth-order valence-electron chi connectivity index (χ4n) is 0.797. The third-order valence-corrected chi connectivity index (χ3v) is 2.73. The predicted molar refractivity (Wildman–Crippen MR) is 148 cm³/mol. The number of carbonyl (C=O) groups excluding carboxylic acids is 3. The first-order valence-electron chi connectivity index (χ1n) is 7.76. The van der Waals surface area contributed by atoms with Crippen LogP contribution in [0.1, 0.15) is 92.5 Å². The van der Waals surface area contributed by atoms with Gasteiger partial charge in [-0.15, -0.1) is 0 Å². The lowest BCUT2D eigenvalue weighted by Gasteiger charge is -2.13. The van der Waals surface area contributed by atoms with Crippen molar-refractivity contribution in [2.75, 3.05) is 34.9 Å². The highest BCUT2D eigenvalue weighted by molar-refractivity contribution is 5.78. The van der Waals surface area contributed by atoms with Crippen LogP contribution in [0.3, 0.4) is 0 Å². The van der Waals surface area contributed by atoms with Gasteiger partial charge in [-0.25, -0.2) is 0 Å². The van der Waals surface area contributed by atoms with E-state index in [4.69, 9.17) is 10.5 Å². The Morgan fingerprint density at radius 1 is 0.839 bits per heavy atom. The van der Waals surface area contributed by atoms with Crippen LogP contribution in [0, 0.1) is 11.8 Å². The molecule has 0 heterocycles. The van der Waals surface area contributed by atoms with E-state index in [2.05, 4.69) is 10.6 Å². The van der Waals surface area contributed by atoms with Crippen molar-refractivity contribution in [3.63, 3.8) is 0 Å². The van der Waals surface area contributed by atoms with E-state index in [9.17, 15) is 9.59 Å². The van der Waals surface area contributed by atoms with E-state index in [0.29, 0.717) is 6.67 Å². The molecule has 8 nitrogen and oxygen atoms in total. The summed E-state index contributed by atoms with van der Waals surface area (Å²) in [6, 6.07) is 0. The topological polar surface area (TPSA) is 136 Å². The molecule has 2 unspecified atom stereocenters. The van der Waals surface area contributed by atoms with Crippen molar-refractivity contribution in [2.24, 2.45) is 17.6 Å². The molecule has 2 amide bonds. The Bertz CT molecular complexity index is 280. The predicted octanol–water partition coefficient (Wildman–Crippen LogP) is 4.46. The van der Waals surface area contributed by atoms with Crippen molar-refractivity contribution in [3.8, 4) is 0 Å². The second kappa shape index (κ2) is 63.0. The van der Waals surface area contributed by atoms with E-state index in [1.54, 1.807) is 0 Å². The van der Waals surface area contributed by atoms with Gasteiger partial charge in [0.15, 0.2) is 0 Å². The van der Waals surface area contributed by atoms with Crippen molar-refractivity contribution < 1.29 is 19.9 Å². The quantitative estimate of drug-likeness (QED) is 0.498. The van der Waals surface area contributed by atoms with Crippen LogP contribution in [-0.4, -0.2) is 63.8 Å². The lowest BCUT2D eigenvalue weighted by molar-refractivity contribution is -0.125. The van der Waals surface area contributed by atoms with Gasteiger partial charge in [-0.1, -0.05) is 79.7 Å². The van der Waals surface area contributed by atoms with Crippen molar-refractivity contribution in [1.82, 2.24) is 15.5 Å². The molecule has 0 saturated heterocycles. The highest BCUT2D eigenvalue weighted by Crippen LogP contribution is 1.98. The van der Waals surface area contributed by atoms with Crippen molar-refractivity contribution in [2.45, 2.75) is 92.5 Å². The van der Waals surface area contributed by atoms with Gasteiger partial charge in [-0.2, -0.15) is 0 Å². The van der Waals surface area contributed by atoms with Gasteiger partial charge in [0.25, 0.3) is 0 Å². The standard InChI is InChI=1S/C8H18N2O.C5H11NO.C2H7N.CH2O.7CH4.H2O/c1-5-7(2)8(11)9-6-10(3)4;1-3-4(2)5(6)7;1-3-2;1-2;;;;;;;;/h7H,5-6H2,1-4H3,(H,9,11);4H,3H2,1-2H3,(H2,6,7);3H,1-2H3;1H2;7*1H4;1H2. The van der Waals surface area contributed by atoms with Crippen LogP contribution in [0.2, 0.25) is 0 Å². The van der Waals surface area contributed by atoms with Gasteiger partial charge in [0, 0.05) is 11.8 Å². The molecule has 31 heavy (non-hydrogen) atoms. The number of nitrogens with zero attached hydrogens (tertiary/aromatic N) is 1. The number of nitrogens with two attached hydrogens (primary N) is 1. The summed E-state index contributed by atoms with van der Waals surface area (Å²) in [5.74, 6) is 0.110. The number of hydrogen-bond acceptors (Lipinski definition) is 5. The number of primary amides is 1. The largest absolute Gasteiger partial charge is 0.412 e. The molecule has 0 spiro atoms. The van der Waals surface area contributed by atoms with E-state index in [0.717, 1.165) is 12.8 Å². The molecule has 8 heteroatoms. The summed E-state index contributed by atoms with van der Waals surface area (Å²) in [6.07, 6.45) is 1.74. The Morgan fingerprint density at radius 2 is 1.10 bits per heavy atom. The zero-order valence-electron chi connectivity index (χ0n) is 16.7. The summed E-state index contributed by atoms with van der Waals surface area (Å²) in [5, 5.41) is 5.57. The number of rotatable bonds is 6. The SMILES string of the molecule is C.C.C.C.C.C.C.C=O.CCC(C)C(=O)NCN(C)C.CCC(C)C(N)=O.CNC.O. The summed E-state index contributed by atoms with van der Waals surface area (Å²) < 4.78 is 0. The molecule has 0 radical (unpaired) electrons. The summed E-state index contributed by atoms with van der Waals surface area (Å²) in [5.41, 5.74) is 4.91. The zero-order valence-corrected chi connectivity index (χ0v) is 16.7. The number of carbonyl (C=O) groups is 3. The zero-order chi connectivity index (χ0) is 19.4. The third kappa shape index (κ3) is 83.3. The van der Waals surface area contributed by atoms with Crippen LogP contribution in [0.4, 0.5) is 0 Å². The van der Waals surface area contributed by atoms with Crippen molar-refractivity contribution >= 4 is 18.6 Å². The van der Waals surface area contributed by atoms with Gasteiger partial charge in [-0.3, -0.25) is 14.5 Å². The molecule has 0 aromatic heterocycles. The minimum atomic E-state index is -0.206. The number of hydrogen-bond donors (Lipinski definition) is 3. The van der Waals surface area contributed by atoms with Crippen LogP contribution in [0.15, 0.2) is 0 Å². The van der Waals surface area contributed by atoms with Gasteiger partial charge in [0.05, 0.1) is 6.67 Å². The molecule has 0 fully saturated rings. The van der Waals surface area contributed by atoms with Gasteiger partial charge in [0.2, 0.25) is 11.8 Å². The van der Waals surface area contributed by atoms with Crippen LogP contribution in [0.25, 0.3) is 0 Å². The average Bonchev–Trinajstić information content (AvgIpc) is 2.53. The van der Waals surface area contributed by atoms with E-state index in [-0.39, 0.29) is 81.1 Å². The van der Waals surface area contributed by atoms with E-state index < -0.39 is 0 Å². The normalized spacial score (nSPS) is 8.42. The van der Waals surface area contributed by atoms with E-state index in [1.165, 1.54) is 0 Å². The summed E-state index contributed by atoms with van der Waals surface area (Å²) in [4.78, 5) is 31.2. The minimum Gasteiger partial charge on any atom is -0.412 e. The highest BCUT2D eigenvalue weighted by Gasteiger charge is 2.08. The van der Waals surface area contributed by atoms with Gasteiger partial charge >= 0.3 is 0 Å². The maximum absolute atomic E-state index is 11.1. The van der Waals surface area contributed by atoms with Crippen molar-refractivity contribution in [1.29, 1.82) is 0 Å². The Hall–Kier alpha value is -1.51. The second-order valence-electron chi connectivity index (χ2n) is 5.30. The first-order valence-corrected chi connectivity index (χ1v) is 7.76. The lowest BCUT2D eigenvalue weighted by Crippen LogP contribution is -2.36. The van der Waals surface area contributed by atoms with Crippen molar-refractivity contribution in [3.05, 3.63) is 0 Å². The molecule has 0 aliphatic carbocycles. The highest BCUT2D eigenvalue weighted by atomic mass is 16.2. The minimum absolute atomic E-state index is 0. The smallest absolute Gasteiger partial charge is 0.223 e. The molecule has 0 aliphatic heterocycles. The van der Waals surface area contributed by atoms with E-state index >= 15 is 0 Å². The molecular formula is C23H68N4O4. The lowest BCUT2D eigenvalue weighted by atomic mass is 10.1. The number of nitrogens with one attached hydrogen (secondary N) is 2. The molecule has 0 saturated carbocycles. The van der Waals surface area contributed by atoms with Crippen LogP contribution < -0.4 is 16.4 Å². The Labute approximate surface area is 199 Å². The van der Waals surface area contributed by atoms with Crippen LogP contribution in [0.5, 0.6) is 0 Å². The first kappa shape index (κ1) is 78.2. The molecule has 0 aliphatic rings. The number of amides is 2. The Morgan fingerprint density at radius 3 is 1.23 bits per heavy atom. The molecule has 0 rings (SSSR count). The summed E-state index contributed by atoms with van der Waals surface area (Å²) in [7, 11) is 7.60. The van der Waals surface area contributed by atoms with Gasteiger partial charge in [0.1, 0.15) is 6.79 Å². The Kier molecular flexibility index (Phi) is 159. The molecule has 6 N–H and O–H groups in total. The maximum Gasteiger partial charge on any atom is 0.223 e. The summed E-state index contributed by atoms with van der Waals surface area (Å²) >= 11 is 0. The molecule has 0 aromatic carbocycles.